The minimum absolute atomic E-state index is 0.127. The first-order valence-electron chi connectivity index (χ1n) is 7.46. The highest BCUT2D eigenvalue weighted by Crippen LogP contribution is 2.06. The molecule has 3 amide bonds. The summed E-state index contributed by atoms with van der Waals surface area (Å²) in [4.78, 5) is 27.6. The van der Waals surface area contributed by atoms with E-state index in [-0.39, 0.29) is 12.0 Å². The summed E-state index contributed by atoms with van der Waals surface area (Å²) in [6.07, 6.45) is 4.59. The first-order valence-corrected chi connectivity index (χ1v) is 7.46. The third kappa shape index (κ3) is 8.88. The van der Waals surface area contributed by atoms with Crippen molar-refractivity contribution in [3.05, 3.63) is 0 Å². The van der Waals surface area contributed by atoms with Crippen LogP contribution in [0.3, 0.4) is 0 Å². The molecule has 0 spiro atoms. The van der Waals surface area contributed by atoms with Gasteiger partial charge in [0.2, 0.25) is 5.96 Å². The fraction of sp³-hybridized carbons (Fsp3) is 0.786. The van der Waals surface area contributed by atoms with Crippen molar-refractivity contribution >= 4 is 18.1 Å². The molecule has 1 rings (SSSR count). The van der Waals surface area contributed by atoms with Crippen molar-refractivity contribution in [2.45, 2.75) is 58.5 Å². The van der Waals surface area contributed by atoms with Crippen LogP contribution in [0.15, 0.2) is 4.99 Å². The number of carbonyl (C=O) groups is 2. The van der Waals surface area contributed by atoms with Gasteiger partial charge in [0.25, 0.3) is 0 Å². The van der Waals surface area contributed by atoms with Gasteiger partial charge in [-0.3, -0.25) is 15.6 Å². The molecule has 0 atom stereocenters. The Balaban J connectivity index is 2.60. The van der Waals surface area contributed by atoms with Gasteiger partial charge in [-0.2, -0.15) is 0 Å². The molecule has 21 heavy (non-hydrogen) atoms. The lowest BCUT2D eigenvalue weighted by atomic mass is 10.1. The van der Waals surface area contributed by atoms with E-state index in [4.69, 9.17) is 4.74 Å². The molecule has 0 aromatic carbocycles. The van der Waals surface area contributed by atoms with Crippen molar-refractivity contribution in [1.82, 2.24) is 16.0 Å². The van der Waals surface area contributed by atoms with Crippen molar-refractivity contribution in [2.24, 2.45) is 4.99 Å². The van der Waals surface area contributed by atoms with E-state index >= 15 is 0 Å². The first kappa shape index (κ1) is 17.3. The van der Waals surface area contributed by atoms with Crippen LogP contribution in [0.2, 0.25) is 0 Å². The second kappa shape index (κ2) is 8.49. The normalized spacial score (nSPS) is 18.2. The molecule has 0 unspecified atom stereocenters. The lowest BCUT2D eigenvalue weighted by Gasteiger charge is -2.20. The van der Waals surface area contributed by atoms with E-state index in [0.29, 0.717) is 13.1 Å². The van der Waals surface area contributed by atoms with Gasteiger partial charge < -0.3 is 10.1 Å². The van der Waals surface area contributed by atoms with E-state index < -0.39 is 11.7 Å². The summed E-state index contributed by atoms with van der Waals surface area (Å²) in [5, 5.41) is 7.74. The number of carbonyl (C=O) groups excluding carboxylic acids is 2. The van der Waals surface area contributed by atoms with Crippen LogP contribution in [0, 0.1) is 0 Å². The molecule has 0 fully saturated rings. The number of amides is 3. The molecule has 120 valence electrons. The summed E-state index contributed by atoms with van der Waals surface area (Å²) in [5.41, 5.74) is -0.599. The van der Waals surface area contributed by atoms with Gasteiger partial charge in [-0.25, -0.2) is 9.59 Å². The third-order valence-electron chi connectivity index (χ3n) is 2.74. The summed E-state index contributed by atoms with van der Waals surface area (Å²) >= 11 is 0. The molecule has 3 N–H and O–H groups in total. The standard InChI is InChI=1S/C14H26N4O3/c1-14(2,3)21-13(20)18-11-15-9-7-5-4-6-8-10-16-12(19)17-11/h4-10H2,1-3H3,(H3,15,16,17,18,19,20). The molecule has 7 heteroatoms. The first-order chi connectivity index (χ1) is 9.87. The van der Waals surface area contributed by atoms with E-state index in [1.54, 1.807) is 20.8 Å². The molecular formula is C14H26N4O3. The van der Waals surface area contributed by atoms with Crippen LogP contribution in [0.5, 0.6) is 0 Å². The van der Waals surface area contributed by atoms with E-state index in [0.717, 1.165) is 32.1 Å². The van der Waals surface area contributed by atoms with Crippen molar-refractivity contribution in [1.29, 1.82) is 0 Å². The van der Waals surface area contributed by atoms with Crippen LogP contribution in [-0.2, 0) is 4.74 Å². The molecule has 1 heterocycles. The van der Waals surface area contributed by atoms with Crippen LogP contribution in [0.25, 0.3) is 0 Å². The fourth-order valence-electron chi connectivity index (χ4n) is 1.82. The highest BCUT2D eigenvalue weighted by atomic mass is 16.6. The molecule has 0 aromatic rings. The Bertz CT molecular complexity index is 388. The largest absolute Gasteiger partial charge is 0.444 e. The summed E-state index contributed by atoms with van der Waals surface area (Å²) in [6.45, 7) is 6.50. The number of ether oxygens (including phenoxy) is 1. The minimum atomic E-state index is -0.631. The Kier molecular flexibility index (Phi) is 6.98. The van der Waals surface area contributed by atoms with Gasteiger partial charge in [-0.1, -0.05) is 19.3 Å². The lowest BCUT2D eigenvalue weighted by Crippen LogP contribution is -2.49. The number of urea groups is 1. The average molecular weight is 298 g/mol. The fourth-order valence-corrected chi connectivity index (χ4v) is 1.82. The maximum absolute atomic E-state index is 11.7. The molecule has 1 aliphatic heterocycles. The molecule has 0 saturated heterocycles. The van der Waals surface area contributed by atoms with Crippen LogP contribution in [0.4, 0.5) is 9.59 Å². The number of nitrogens with one attached hydrogen (secondary N) is 3. The molecule has 0 aromatic heterocycles. The zero-order valence-corrected chi connectivity index (χ0v) is 13.1. The predicted molar refractivity (Wildman–Crippen MR) is 81.3 cm³/mol. The number of rotatable bonds is 0. The highest BCUT2D eigenvalue weighted by molar-refractivity contribution is 6.02. The number of hydrogen-bond donors (Lipinski definition) is 3. The summed E-state index contributed by atoms with van der Waals surface area (Å²) in [5.74, 6) is 0.127. The van der Waals surface area contributed by atoms with Gasteiger partial charge in [0, 0.05) is 13.1 Å². The number of guanidine groups is 1. The summed E-state index contributed by atoms with van der Waals surface area (Å²) in [7, 11) is 0. The average Bonchev–Trinajstić information content (AvgIpc) is 2.32. The minimum Gasteiger partial charge on any atom is -0.444 e. The van der Waals surface area contributed by atoms with Crippen molar-refractivity contribution < 1.29 is 14.3 Å². The second-order valence-electron chi connectivity index (χ2n) is 6.01. The van der Waals surface area contributed by atoms with Gasteiger partial charge >= 0.3 is 12.1 Å². The van der Waals surface area contributed by atoms with Crippen molar-refractivity contribution in [3.8, 4) is 0 Å². The molecule has 1 aliphatic rings. The summed E-state index contributed by atoms with van der Waals surface area (Å²) < 4.78 is 5.15. The number of nitrogens with zero attached hydrogens (tertiary/aromatic N) is 1. The Morgan fingerprint density at radius 2 is 1.86 bits per heavy atom. The van der Waals surface area contributed by atoms with E-state index in [1.807, 2.05) is 0 Å². The molecule has 0 aliphatic carbocycles. The quantitative estimate of drug-likeness (QED) is 0.639. The molecular weight excluding hydrogens is 272 g/mol. The lowest BCUT2D eigenvalue weighted by molar-refractivity contribution is 0.0562. The van der Waals surface area contributed by atoms with E-state index in [9.17, 15) is 9.59 Å². The topological polar surface area (TPSA) is 91.8 Å². The molecule has 0 bridgehead atoms. The zero-order chi connectivity index (χ0) is 15.7. The van der Waals surface area contributed by atoms with Crippen molar-refractivity contribution in [2.75, 3.05) is 13.1 Å². The number of alkyl carbamates (subject to hydrolysis) is 1. The monoisotopic (exact) mass is 298 g/mol. The van der Waals surface area contributed by atoms with Crippen molar-refractivity contribution in [3.63, 3.8) is 0 Å². The number of aliphatic imine (C=N–C) groups is 1. The van der Waals surface area contributed by atoms with Crippen LogP contribution < -0.4 is 16.0 Å². The molecule has 0 saturated carbocycles. The number of hydrogen-bond acceptors (Lipinski definition) is 4. The van der Waals surface area contributed by atoms with Gasteiger partial charge in [-0.05, 0) is 33.6 Å². The van der Waals surface area contributed by atoms with Crippen LogP contribution in [0.1, 0.15) is 52.9 Å². The van der Waals surface area contributed by atoms with E-state index in [1.165, 1.54) is 0 Å². The van der Waals surface area contributed by atoms with Gasteiger partial charge in [-0.15, -0.1) is 0 Å². The van der Waals surface area contributed by atoms with Crippen LogP contribution >= 0.6 is 0 Å². The smallest absolute Gasteiger partial charge is 0.414 e. The highest BCUT2D eigenvalue weighted by Gasteiger charge is 2.18. The molecule has 0 radical (unpaired) electrons. The second-order valence-corrected chi connectivity index (χ2v) is 6.01. The van der Waals surface area contributed by atoms with E-state index in [2.05, 4.69) is 20.9 Å². The maximum Gasteiger partial charge on any atom is 0.414 e. The SMILES string of the molecule is CC(C)(C)OC(=O)NC1=NCCCCCCCNC(=O)N1. The van der Waals surface area contributed by atoms with Gasteiger partial charge in [0.1, 0.15) is 5.60 Å². The molecule has 7 nitrogen and oxygen atoms in total. The Morgan fingerprint density at radius 3 is 2.57 bits per heavy atom. The Morgan fingerprint density at radius 1 is 1.19 bits per heavy atom. The Labute approximate surface area is 125 Å². The third-order valence-corrected chi connectivity index (χ3v) is 2.74. The predicted octanol–water partition coefficient (Wildman–Crippen LogP) is 2.13. The zero-order valence-electron chi connectivity index (χ0n) is 13.1. The summed E-state index contributed by atoms with van der Waals surface area (Å²) in [6, 6.07) is -0.370. The van der Waals surface area contributed by atoms with Gasteiger partial charge in [0.15, 0.2) is 0 Å². The van der Waals surface area contributed by atoms with Gasteiger partial charge in [0.05, 0.1) is 0 Å². The van der Waals surface area contributed by atoms with Crippen LogP contribution in [-0.4, -0.2) is 36.8 Å². The Hall–Kier alpha value is -1.79. The maximum atomic E-state index is 11.7.